The van der Waals surface area contributed by atoms with E-state index in [2.05, 4.69) is 48.5 Å². The Morgan fingerprint density at radius 2 is 1.47 bits per heavy atom. The molecule has 3 aromatic rings. The molecule has 0 radical (unpaired) electrons. The Kier molecular flexibility index (Phi) is 9.66. The van der Waals surface area contributed by atoms with Crippen molar-refractivity contribution in [3.05, 3.63) is 90.0 Å². The van der Waals surface area contributed by atoms with Gasteiger partial charge in [0.25, 0.3) is 0 Å². The fourth-order valence-corrected chi connectivity index (χ4v) is 4.06. The van der Waals surface area contributed by atoms with E-state index in [1.165, 1.54) is 15.4 Å². The predicted octanol–water partition coefficient (Wildman–Crippen LogP) is 5.97. The van der Waals surface area contributed by atoms with Gasteiger partial charge in [-0.25, -0.2) is 4.79 Å². The average Bonchev–Trinajstić information content (AvgIpc) is 2.82. The van der Waals surface area contributed by atoms with Crippen LogP contribution >= 0.6 is 11.8 Å². The van der Waals surface area contributed by atoms with E-state index in [0.29, 0.717) is 26.2 Å². The van der Waals surface area contributed by atoms with E-state index in [1.54, 1.807) is 18.7 Å². The van der Waals surface area contributed by atoms with Crippen LogP contribution in [-0.4, -0.2) is 31.9 Å². The normalized spacial score (nSPS) is 11.7. The lowest BCUT2D eigenvalue weighted by Gasteiger charge is -2.15. The molecule has 3 aromatic carbocycles. The van der Waals surface area contributed by atoms with Crippen LogP contribution in [0.4, 0.5) is 0 Å². The fourth-order valence-electron chi connectivity index (χ4n) is 3.22. The van der Waals surface area contributed by atoms with Gasteiger partial charge in [-0.05, 0) is 61.4 Å². The molecule has 0 spiro atoms. The molecule has 1 atom stereocenters. The molecule has 0 heterocycles. The van der Waals surface area contributed by atoms with Gasteiger partial charge in [-0.3, -0.25) is 0 Å². The highest BCUT2D eigenvalue weighted by Gasteiger charge is 2.20. The molecular formula is C27H30O4S. The SMILES string of the molecule is CCOC(=O)C(Cc1ccc(OCCc2ccc(Sc3ccccc3)cc2)cc1)OCC. The molecule has 0 aliphatic carbocycles. The fraction of sp³-hybridized carbons (Fsp3) is 0.296. The van der Waals surface area contributed by atoms with Crippen molar-refractivity contribution in [1.82, 2.24) is 0 Å². The second-order valence-electron chi connectivity index (χ2n) is 7.20. The van der Waals surface area contributed by atoms with Crippen LogP contribution in [-0.2, 0) is 27.1 Å². The lowest BCUT2D eigenvalue weighted by Crippen LogP contribution is -2.28. The zero-order chi connectivity index (χ0) is 22.6. The third-order valence-electron chi connectivity index (χ3n) is 4.82. The van der Waals surface area contributed by atoms with Crippen LogP contribution in [0, 0.1) is 0 Å². The van der Waals surface area contributed by atoms with Crippen LogP contribution in [0.5, 0.6) is 5.75 Å². The van der Waals surface area contributed by atoms with Crippen molar-refractivity contribution >= 4 is 17.7 Å². The standard InChI is InChI=1S/C27H30O4S/c1-3-29-26(27(28)30-4-2)20-22-10-14-23(15-11-22)31-19-18-21-12-16-25(17-13-21)32-24-8-6-5-7-9-24/h5-17,26H,3-4,18-20H2,1-2H3. The van der Waals surface area contributed by atoms with Crippen molar-refractivity contribution in [2.75, 3.05) is 19.8 Å². The van der Waals surface area contributed by atoms with Crippen molar-refractivity contribution in [1.29, 1.82) is 0 Å². The first-order chi connectivity index (χ1) is 15.7. The Morgan fingerprint density at radius 3 is 2.12 bits per heavy atom. The molecule has 0 amide bonds. The summed E-state index contributed by atoms with van der Waals surface area (Å²) < 4.78 is 16.5. The van der Waals surface area contributed by atoms with Gasteiger partial charge in [0.15, 0.2) is 6.10 Å². The van der Waals surface area contributed by atoms with Crippen LogP contribution in [0.25, 0.3) is 0 Å². The molecule has 168 valence electrons. The second-order valence-corrected chi connectivity index (χ2v) is 8.35. The number of carbonyl (C=O) groups is 1. The van der Waals surface area contributed by atoms with Crippen molar-refractivity contribution in [3.63, 3.8) is 0 Å². The van der Waals surface area contributed by atoms with Crippen LogP contribution in [0.3, 0.4) is 0 Å². The van der Waals surface area contributed by atoms with Crippen LogP contribution < -0.4 is 4.74 Å². The van der Waals surface area contributed by atoms with Crippen molar-refractivity contribution in [2.45, 2.75) is 42.6 Å². The van der Waals surface area contributed by atoms with Crippen LogP contribution in [0.15, 0.2) is 88.7 Å². The van der Waals surface area contributed by atoms with Crippen LogP contribution in [0.1, 0.15) is 25.0 Å². The highest BCUT2D eigenvalue weighted by atomic mass is 32.2. The van der Waals surface area contributed by atoms with Gasteiger partial charge in [-0.15, -0.1) is 0 Å². The molecule has 0 N–H and O–H groups in total. The second kappa shape index (κ2) is 12.9. The van der Waals surface area contributed by atoms with Crippen LogP contribution in [0.2, 0.25) is 0 Å². The average molecular weight is 451 g/mol. The molecule has 3 rings (SSSR count). The van der Waals surface area contributed by atoms with E-state index in [1.807, 2.05) is 37.3 Å². The van der Waals surface area contributed by atoms with Crippen molar-refractivity contribution in [3.8, 4) is 5.75 Å². The Bertz CT molecular complexity index is 940. The first-order valence-corrected chi connectivity index (χ1v) is 11.8. The molecular weight excluding hydrogens is 420 g/mol. The topological polar surface area (TPSA) is 44.8 Å². The molecule has 0 aliphatic rings. The van der Waals surface area contributed by atoms with E-state index >= 15 is 0 Å². The van der Waals surface area contributed by atoms with Gasteiger partial charge in [0.05, 0.1) is 13.2 Å². The van der Waals surface area contributed by atoms with Gasteiger partial charge < -0.3 is 14.2 Å². The maximum absolute atomic E-state index is 12.0. The number of carbonyl (C=O) groups excluding carboxylic acids is 1. The van der Waals surface area contributed by atoms with E-state index < -0.39 is 6.10 Å². The lowest BCUT2D eigenvalue weighted by atomic mass is 10.1. The summed E-state index contributed by atoms with van der Waals surface area (Å²) in [6.07, 6.45) is 0.753. The third kappa shape index (κ3) is 7.74. The number of ether oxygens (including phenoxy) is 3. The first kappa shape index (κ1) is 23.9. The minimum Gasteiger partial charge on any atom is -0.493 e. The van der Waals surface area contributed by atoms with Crippen molar-refractivity contribution < 1.29 is 19.0 Å². The Labute approximate surface area is 194 Å². The maximum Gasteiger partial charge on any atom is 0.335 e. The Hall–Kier alpha value is -2.76. The number of benzene rings is 3. The summed E-state index contributed by atoms with van der Waals surface area (Å²) in [6, 6.07) is 26.8. The molecule has 32 heavy (non-hydrogen) atoms. The molecule has 4 nitrogen and oxygen atoms in total. The Morgan fingerprint density at radius 1 is 0.812 bits per heavy atom. The smallest absolute Gasteiger partial charge is 0.335 e. The number of hydrogen-bond donors (Lipinski definition) is 0. The predicted molar refractivity (Wildman–Crippen MR) is 128 cm³/mol. The molecule has 0 aromatic heterocycles. The highest BCUT2D eigenvalue weighted by Crippen LogP contribution is 2.27. The molecule has 5 heteroatoms. The summed E-state index contributed by atoms with van der Waals surface area (Å²) in [5, 5.41) is 0. The number of hydrogen-bond acceptors (Lipinski definition) is 5. The quantitative estimate of drug-likeness (QED) is 0.318. The minimum absolute atomic E-state index is 0.317. The molecule has 0 saturated heterocycles. The van der Waals surface area contributed by atoms with E-state index in [-0.39, 0.29) is 5.97 Å². The summed E-state index contributed by atoms with van der Waals surface area (Å²) in [5.74, 6) is 0.497. The van der Waals surface area contributed by atoms with E-state index in [0.717, 1.165) is 17.7 Å². The summed E-state index contributed by atoms with van der Waals surface area (Å²) in [6.45, 7) is 5.10. The lowest BCUT2D eigenvalue weighted by molar-refractivity contribution is -0.156. The van der Waals surface area contributed by atoms with Crippen molar-refractivity contribution in [2.24, 2.45) is 0 Å². The zero-order valence-electron chi connectivity index (χ0n) is 18.7. The van der Waals surface area contributed by atoms with E-state index in [4.69, 9.17) is 14.2 Å². The maximum atomic E-state index is 12.0. The molecule has 1 unspecified atom stereocenters. The Balaban J connectivity index is 1.45. The minimum atomic E-state index is -0.574. The van der Waals surface area contributed by atoms with Gasteiger partial charge in [-0.2, -0.15) is 0 Å². The number of esters is 1. The number of rotatable bonds is 12. The molecule has 0 bridgehead atoms. The highest BCUT2D eigenvalue weighted by molar-refractivity contribution is 7.99. The van der Waals surface area contributed by atoms with Gasteiger partial charge in [0, 0.05) is 29.2 Å². The summed E-state index contributed by atoms with van der Waals surface area (Å²) in [7, 11) is 0. The third-order valence-corrected chi connectivity index (χ3v) is 5.84. The summed E-state index contributed by atoms with van der Waals surface area (Å²) >= 11 is 1.76. The van der Waals surface area contributed by atoms with E-state index in [9.17, 15) is 4.79 Å². The molecule has 0 aliphatic heterocycles. The van der Waals surface area contributed by atoms with Gasteiger partial charge >= 0.3 is 5.97 Å². The monoisotopic (exact) mass is 450 g/mol. The summed E-state index contributed by atoms with van der Waals surface area (Å²) in [5.41, 5.74) is 2.25. The first-order valence-electron chi connectivity index (χ1n) is 11.0. The largest absolute Gasteiger partial charge is 0.493 e. The zero-order valence-corrected chi connectivity index (χ0v) is 19.5. The summed E-state index contributed by atoms with van der Waals surface area (Å²) in [4.78, 5) is 14.5. The molecule has 0 saturated carbocycles. The van der Waals surface area contributed by atoms with Gasteiger partial charge in [0.1, 0.15) is 5.75 Å². The van der Waals surface area contributed by atoms with Gasteiger partial charge in [0.2, 0.25) is 0 Å². The van der Waals surface area contributed by atoms with Gasteiger partial charge in [-0.1, -0.05) is 54.2 Å². The molecule has 0 fully saturated rings.